The Hall–Kier alpha value is -4.46. The summed E-state index contributed by atoms with van der Waals surface area (Å²) in [5.41, 5.74) is 1.53. The van der Waals surface area contributed by atoms with Crippen molar-refractivity contribution in [3.8, 4) is 0 Å². The zero-order valence-electron chi connectivity index (χ0n) is 26.4. The Morgan fingerprint density at radius 1 is 0.489 bits per heavy atom. The SMILES string of the molecule is O=C(CCCN1C(=O)c2ccccc2C1=O)N1CCOCCOCCN(C(=O)CCCN2C(=O)c3ccccc3C2=O)CCOCC1. The fourth-order valence-corrected chi connectivity index (χ4v) is 5.82. The lowest BCUT2D eigenvalue weighted by Gasteiger charge is -2.24. The van der Waals surface area contributed by atoms with Crippen LogP contribution in [0.2, 0.25) is 0 Å². The minimum Gasteiger partial charge on any atom is -0.378 e. The zero-order valence-corrected chi connectivity index (χ0v) is 26.4. The number of hydrogen-bond donors (Lipinski definition) is 0. The molecule has 0 spiro atoms. The van der Waals surface area contributed by atoms with Crippen molar-refractivity contribution in [1.82, 2.24) is 19.6 Å². The Morgan fingerprint density at radius 3 is 1.11 bits per heavy atom. The van der Waals surface area contributed by atoms with Crippen LogP contribution in [0.1, 0.15) is 67.1 Å². The second kappa shape index (κ2) is 16.4. The summed E-state index contributed by atoms with van der Waals surface area (Å²) >= 11 is 0. The Bertz CT molecular complexity index is 1320. The molecule has 1 saturated heterocycles. The lowest BCUT2D eigenvalue weighted by Crippen LogP contribution is -2.39. The lowest BCUT2D eigenvalue weighted by molar-refractivity contribution is -0.133. The summed E-state index contributed by atoms with van der Waals surface area (Å²) < 4.78 is 17.1. The van der Waals surface area contributed by atoms with Gasteiger partial charge in [-0.05, 0) is 37.1 Å². The van der Waals surface area contributed by atoms with Gasteiger partial charge in [0.2, 0.25) is 11.8 Å². The van der Waals surface area contributed by atoms with Gasteiger partial charge in [0.05, 0.1) is 61.9 Å². The molecule has 3 aliphatic heterocycles. The van der Waals surface area contributed by atoms with E-state index in [-0.39, 0.29) is 74.6 Å². The number of imide groups is 2. The third kappa shape index (κ3) is 8.28. The highest BCUT2D eigenvalue weighted by molar-refractivity contribution is 6.22. The first-order valence-electron chi connectivity index (χ1n) is 16.1. The van der Waals surface area contributed by atoms with E-state index in [4.69, 9.17) is 14.2 Å². The minimum absolute atomic E-state index is 0.135. The summed E-state index contributed by atoms with van der Waals surface area (Å²) in [5.74, 6) is -1.63. The van der Waals surface area contributed by atoms with Crippen molar-refractivity contribution in [1.29, 1.82) is 0 Å². The number of nitrogens with zero attached hydrogens (tertiary/aromatic N) is 4. The fourth-order valence-electron chi connectivity index (χ4n) is 5.82. The normalized spacial score (nSPS) is 18.2. The van der Waals surface area contributed by atoms with E-state index in [2.05, 4.69) is 0 Å². The van der Waals surface area contributed by atoms with E-state index in [0.29, 0.717) is 87.7 Å². The molecule has 13 heteroatoms. The van der Waals surface area contributed by atoms with Gasteiger partial charge in [-0.25, -0.2) is 0 Å². The maximum absolute atomic E-state index is 13.1. The molecule has 2 aromatic rings. The molecule has 0 atom stereocenters. The number of carbonyl (C=O) groups excluding carboxylic acids is 6. The molecular formula is C34H40N4O9. The molecule has 0 aliphatic carbocycles. The van der Waals surface area contributed by atoms with Gasteiger partial charge in [0.15, 0.2) is 0 Å². The number of fused-ring (bicyclic) bond motifs is 2. The second-order valence-corrected chi connectivity index (χ2v) is 11.4. The van der Waals surface area contributed by atoms with Gasteiger partial charge in [0, 0.05) is 52.1 Å². The Kier molecular flexibility index (Phi) is 11.8. The summed E-state index contributed by atoms with van der Waals surface area (Å²) in [4.78, 5) is 82.4. The van der Waals surface area contributed by atoms with E-state index in [1.165, 1.54) is 9.80 Å². The van der Waals surface area contributed by atoms with Gasteiger partial charge >= 0.3 is 0 Å². The molecule has 250 valence electrons. The van der Waals surface area contributed by atoms with Crippen molar-refractivity contribution in [3.63, 3.8) is 0 Å². The molecule has 1 fully saturated rings. The molecule has 0 bridgehead atoms. The Labute approximate surface area is 273 Å². The number of ether oxygens (including phenoxy) is 3. The third-order valence-electron chi connectivity index (χ3n) is 8.40. The highest BCUT2D eigenvalue weighted by Gasteiger charge is 2.35. The highest BCUT2D eigenvalue weighted by Crippen LogP contribution is 2.24. The van der Waals surface area contributed by atoms with Crippen LogP contribution in [0.4, 0.5) is 0 Å². The molecule has 13 nitrogen and oxygen atoms in total. The van der Waals surface area contributed by atoms with Crippen LogP contribution in [-0.2, 0) is 23.8 Å². The average Bonchev–Trinajstić information content (AvgIpc) is 3.46. The van der Waals surface area contributed by atoms with E-state index in [0.717, 1.165) is 0 Å². The van der Waals surface area contributed by atoms with E-state index < -0.39 is 0 Å². The van der Waals surface area contributed by atoms with Crippen molar-refractivity contribution >= 4 is 35.4 Å². The monoisotopic (exact) mass is 648 g/mol. The predicted molar refractivity (Wildman–Crippen MR) is 168 cm³/mol. The smallest absolute Gasteiger partial charge is 0.261 e. The van der Waals surface area contributed by atoms with E-state index in [9.17, 15) is 28.8 Å². The van der Waals surface area contributed by atoms with Crippen LogP contribution in [0.25, 0.3) is 0 Å². The third-order valence-corrected chi connectivity index (χ3v) is 8.40. The van der Waals surface area contributed by atoms with Crippen LogP contribution in [0.5, 0.6) is 0 Å². The van der Waals surface area contributed by atoms with Crippen LogP contribution in [0, 0.1) is 0 Å². The summed E-state index contributed by atoms with van der Waals surface area (Å²) in [7, 11) is 0. The van der Waals surface area contributed by atoms with Crippen molar-refractivity contribution in [2.24, 2.45) is 0 Å². The lowest BCUT2D eigenvalue weighted by atomic mass is 10.1. The Balaban J connectivity index is 1.06. The van der Waals surface area contributed by atoms with E-state index in [1.54, 1.807) is 58.3 Å². The van der Waals surface area contributed by atoms with Gasteiger partial charge in [0.25, 0.3) is 23.6 Å². The van der Waals surface area contributed by atoms with Gasteiger partial charge in [-0.15, -0.1) is 0 Å². The highest BCUT2D eigenvalue weighted by atomic mass is 16.5. The summed E-state index contributed by atoms with van der Waals surface area (Å²) in [6, 6.07) is 13.4. The summed E-state index contributed by atoms with van der Waals surface area (Å²) in [6.45, 7) is 3.43. The second-order valence-electron chi connectivity index (χ2n) is 11.4. The molecule has 0 radical (unpaired) electrons. The molecule has 6 amide bonds. The predicted octanol–water partition coefficient (Wildman–Crippen LogP) is 1.86. The molecule has 0 unspecified atom stereocenters. The fraction of sp³-hybridized carbons (Fsp3) is 0.471. The maximum Gasteiger partial charge on any atom is 0.261 e. The quantitative estimate of drug-likeness (QED) is 0.392. The van der Waals surface area contributed by atoms with E-state index >= 15 is 0 Å². The van der Waals surface area contributed by atoms with Crippen LogP contribution in [0.15, 0.2) is 48.5 Å². The van der Waals surface area contributed by atoms with Gasteiger partial charge in [-0.1, -0.05) is 24.3 Å². The summed E-state index contributed by atoms with van der Waals surface area (Å²) in [5, 5.41) is 0. The Morgan fingerprint density at radius 2 is 0.787 bits per heavy atom. The number of hydrogen-bond acceptors (Lipinski definition) is 9. The van der Waals surface area contributed by atoms with Gasteiger partial charge in [-0.2, -0.15) is 0 Å². The number of carbonyl (C=O) groups is 6. The molecule has 3 aliphatic rings. The topological polar surface area (TPSA) is 143 Å². The molecular weight excluding hydrogens is 608 g/mol. The number of benzene rings is 2. The molecule has 0 saturated carbocycles. The number of rotatable bonds is 8. The van der Waals surface area contributed by atoms with Gasteiger partial charge in [0.1, 0.15) is 0 Å². The van der Waals surface area contributed by atoms with Crippen LogP contribution in [-0.4, -0.2) is 134 Å². The average molecular weight is 649 g/mol. The standard InChI is InChI=1S/C34H40N4O9/c39-29(11-5-13-37-31(41)25-7-1-2-8-26(25)32(37)42)35-15-19-45-20-16-36(18-22-47-24-23-46-21-17-35)30(40)12-6-14-38-33(43)27-9-3-4-10-28(27)34(38)44/h1-4,7-10H,5-6,11-24H2. The molecule has 0 aromatic heterocycles. The van der Waals surface area contributed by atoms with Crippen molar-refractivity contribution in [3.05, 3.63) is 70.8 Å². The van der Waals surface area contributed by atoms with Crippen LogP contribution < -0.4 is 0 Å². The van der Waals surface area contributed by atoms with Gasteiger partial charge in [-0.3, -0.25) is 38.6 Å². The molecule has 0 N–H and O–H groups in total. The van der Waals surface area contributed by atoms with E-state index in [1.807, 2.05) is 0 Å². The largest absolute Gasteiger partial charge is 0.378 e. The molecule has 2 aromatic carbocycles. The molecule has 5 rings (SSSR count). The molecule has 47 heavy (non-hydrogen) atoms. The number of amides is 6. The maximum atomic E-state index is 13.1. The zero-order chi connectivity index (χ0) is 33.2. The van der Waals surface area contributed by atoms with Crippen LogP contribution >= 0.6 is 0 Å². The van der Waals surface area contributed by atoms with Crippen molar-refractivity contribution in [2.45, 2.75) is 25.7 Å². The first-order valence-corrected chi connectivity index (χ1v) is 16.1. The molecule has 3 heterocycles. The van der Waals surface area contributed by atoms with Crippen LogP contribution in [0.3, 0.4) is 0 Å². The first kappa shape index (κ1) is 33.9. The van der Waals surface area contributed by atoms with Crippen molar-refractivity contribution < 1.29 is 43.0 Å². The first-order chi connectivity index (χ1) is 22.9. The minimum atomic E-state index is -0.341. The van der Waals surface area contributed by atoms with Gasteiger partial charge < -0.3 is 24.0 Å². The van der Waals surface area contributed by atoms with Crippen molar-refractivity contribution in [2.75, 3.05) is 78.9 Å². The summed E-state index contributed by atoms with van der Waals surface area (Å²) in [6.07, 6.45) is 0.972.